The molecule has 1 saturated carbocycles. The number of hydroxylamine groups is 2. The van der Waals surface area contributed by atoms with Gasteiger partial charge in [-0.25, -0.2) is 0 Å². The third kappa shape index (κ3) is 3.09. The molecule has 1 aliphatic carbocycles. The Bertz CT molecular complexity index is 478. The second kappa shape index (κ2) is 5.98. The summed E-state index contributed by atoms with van der Waals surface area (Å²) in [7, 11) is 0. The molecular formula is C20H31NO. The van der Waals surface area contributed by atoms with Gasteiger partial charge in [-0.1, -0.05) is 36.8 Å². The third-order valence-electron chi connectivity index (χ3n) is 5.60. The Labute approximate surface area is 135 Å². The molecule has 2 aliphatic rings. The monoisotopic (exact) mass is 301 g/mol. The Morgan fingerprint density at radius 3 is 2.18 bits per heavy atom. The number of benzene rings is 1. The average molecular weight is 301 g/mol. The predicted octanol–water partition coefficient (Wildman–Crippen LogP) is 5.30. The van der Waals surface area contributed by atoms with Gasteiger partial charge in [0, 0.05) is 17.0 Å². The number of hydrogen-bond donors (Lipinski definition) is 0. The van der Waals surface area contributed by atoms with Crippen LogP contribution in [-0.4, -0.2) is 22.2 Å². The number of hydrogen-bond acceptors (Lipinski definition) is 2. The molecule has 1 aromatic rings. The van der Waals surface area contributed by atoms with Crippen molar-refractivity contribution in [3.63, 3.8) is 0 Å². The van der Waals surface area contributed by atoms with E-state index in [1.807, 2.05) is 0 Å². The summed E-state index contributed by atoms with van der Waals surface area (Å²) in [5, 5.41) is 2.34. The standard InChI is InChI=1S/C20H31NO/c1-19(2)14-9-15-20(3,4)21(19)22-18-13-8-12-17(18)16-10-6-5-7-11-16/h5-7,10-11,17-18H,8-9,12-15H2,1-4H3/t17-,18+/m0/s1. The molecule has 0 bridgehead atoms. The molecule has 3 rings (SSSR count). The second-order valence-corrected chi connectivity index (χ2v) is 8.36. The van der Waals surface area contributed by atoms with Crippen molar-refractivity contribution in [2.75, 3.05) is 0 Å². The lowest BCUT2D eigenvalue weighted by molar-refractivity contribution is -0.305. The second-order valence-electron chi connectivity index (χ2n) is 8.36. The van der Waals surface area contributed by atoms with E-state index in [0.29, 0.717) is 12.0 Å². The highest BCUT2D eigenvalue weighted by atomic mass is 16.7. The molecule has 0 unspecified atom stereocenters. The van der Waals surface area contributed by atoms with Gasteiger partial charge in [-0.15, -0.1) is 0 Å². The summed E-state index contributed by atoms with van der Waals surface area (Å²) in [5.74, 6) is 0.551. The van der Waals surface area contributed by atoms with Crippen LogP contribution in [0, 0.1) is 0 Å². The number of piperidine rings is 1. The van der Waals surface area contributed by atoms with Gasteiger partial charge in [-0.05, 0) is 65.4 Å². The van der Waals surface area contributed by atoms with E-state index in [0.717, 1.165) is 0 Å². The van der Waals surface area contributed by atoms with Gasteiger partial charge in [0.2, 0.25) is 0 Å². The summed E-state index contributed by atoms with van der Waals surface area (Å²) in [4.78, 5) is 6.68. The van der Waals surface area contributed by atoms with Gasteiger partial charge in [-0.3, -0.25) is 4.84 Å². The lowest BCUT2D eigenvalue weighted by Gasteiger charge is -2.52. The summed E-state index contributed by atoms with van der Waals surface area (Å²) < 4.78 is 0. The molecule has 0 amide bonds. The number of nitrogens with zero attached hydrogens (tertiary/aromatic N) is 1. The summed E-state index contributed by atoms with van der Waals surface area (Å²) in [6.45, 7) is 9.33. The molecule has 0 radical (unpaired) electrons. The van der Waals surface area contributed by atoms with Crippen molar-refractivity contribution in [3.05, 3.63) is 35.9 Å². The van der Waals surface area contributed by atoms with E-state index in [1.165, 1.54) is 44.1 Å². The first-order valence-corrected chi connectivity index (χ1v) is 8.92. The van der Waals surface area contributed by atoms with E-state index in [9.17, 15) is 0 Å². The van der Waals surface area contributed by atoms with Crippen LogP contribution in [0.25, 0.3) is 0 Å². The lowest BCUT2D eigenvalue weighted by atomic mass is 9.82. The van der Waals surface area contributed by atoms with E-state index in [2.05, 4.69) is 63.1 Å². The molecule has 0 spiro atoms. The molecule has 2 fully saturated rings. The Morgan fingerprint density at radius 2 is 1.55 bits per heavy atom. The maximum atomic E-state index is 6.68. The molecule has 1 aromatic carbocycles. The number of rotatable bonds is 3. The van der Waals surface area contributed by atoms with Gasteiger partial charge in [0.05, 0.1) is 6.10 Å². The Kier molecular flexibility index (Phi) is 4.35. The summed E-state index contributed by atoms with van der Waals surface area (Å²) >= 11 is 0. The minimum absolute atomic E-state index is 0.131. The topological polar surface area (TPSA) is 12.5 Å². The molecule has 1 aliphatic heterocycles. The highest BCUT2D eigenvalue weighted by molar-refractivity contribution is 5.22. The molecule has 2 heteroatoms. The lowest BCUT2D eigenvalue weighted by Crippen LogP contribution is -2.59. The molecule has 122 valence electrons. The Balaban J connectivity index is 1.78. The van der Waals surface area contributed by atoms with Crippen molar-refractivity contribution in [1.82, 2.24) is 5.06 Å². The van der Waals surface area contributed by atoms with E-state index < -0.39 is 0 Å². The van der Waals surface area contributed by atoms with Crippen molar-refractivity contribution < 1.29 is 4.84 Å². The van der Waals surface area contributed by atoms with E-state index in [4.69, 9.17) is 4.84 Å². The normalized spacial score (nSPS) is 31.3. The zero-order valence-electron chi connectivity index (χ0n) is 14.6. The molecular weight excluding hydrogens is 270 g/mol. The summed E-state index contributed by atoms with van der Waals surface area (Å²) in [6, 6.07) is 10.9. The van der Waals surface area contributed by atoms with Crippen molar-refractivity contribution in [3.8, 4) is 0 Å². The van der Waals surface area contributed by atoms with Crippen LogP contribution in [0.15, 0.2) is 30.3 Å². The van der Waals surface area contributed by atoms with Crippen LogP contribution in [0.3, 0.4) is 0 Å². The van der Waals surface area contributed by atoms with Crippen LogP contribution in [0.4, 0.5) is 0 Å². The van der Waals surface area contributed by atoms with Crippen LogP contribution in [0.5, 0.6) is 0 Å². The first-order chi connectivity index (χ1) is 10.4. The summed E-state index contributed by atoms with van der Waals surface area (Å²) in [6.07, 6.45) is 7.79. The quantitative estimate of drug-likeness (QED) is 0.751. The van der Waals surface area contributed by atoms with Gasteiger partial charge >= 0.3 is 0 Å². The molecule has 22 heavy (non-hydrogen) atoms. The average Bonchev–Trinajstić information content (AvgIpc) is 2.92. The van der Waals surface area contributed by atoms with Gasteiger partial charge in [0.15, 0.2) is 0 Å². The van der Waals surface area contributed by atoms with Gasteiger partial charge in [0.1, 0.15) is 0 Å². The molecule has 1 saturated heterocycles. The van der Waals surface area contributed by atoms with Crippen molar-refractivity contribution in [2.45, 2.75) is 89.3 Å². The SMILES string of the molecule is CC1(C)CCCC(C)(C)N1O[C@@H]1CCC[C@H]1c1ccccc1. The van der Waals surface area contributed by atoms with Crippen LogP contribution < -0.4 is 0 Å². The smallest absolute Gasteiger partial charge is 0.0862 e. The minimum Gasteiger partial charge on any atom is -0.294 e. The third-order valence-corrected chi connectivity index (χ3v) is 5.60. The molecule has 2 nitrogen and oxygen atoms in total. The molecule has 0 aromatic heterocycles. The zero-order valence-corrected chi connectivity index (χ0v) is 14.6. The van der Waals surface area contributed by atoms with Crippen molar-refractivity contribution in [2.24, 2.45) is 0 Å². The van der Waals surface area contributed by atoms with Crippen LogP contribution >= 0.6 is 0 Å². The highest BCUT2D eigenvalue weighted by Crippen LogP contribution is 2.43. The Morgan fingerprint density at radius 1 is 0.909 bits per heavy atom. The maximum Gasteiger partial charge on any atom is 0.0862 e. The molecule has 2 atom stereocenters. The fourth-order valence-electron chi connectivity index (χ4n) is 4.53. The van der Waals surface area contributed by atoms with Crippen molar-refractivity contribution in [1.29, 1.82) is 0 Å². The van der Waals surface area contributed by atoms with Crippen LogP contribution in [-0.2, 0) is 4.84 Å². The first kappa shape index (κ1) is 16.0. The fraction of sp³-hybridized carbons (Fsp3) is 0.700. The first-order valence-electron chi connectivity index (χ1n) is 8.92. The largest absolute Gasteiger partial charge is 0.294 e. The molecule has 0 N–H and O–H groups in total. The van der Waals surface area contributed by atoms with Crippen molar-refractivity contribution >= 4 is 0 Å². The zero-order chi connectivity index (χ0) is 15.8. The minimum atomic E-state index is 0.131. The Hall–Kier alpha value is -0.860. The maximum absolute atomic E-state index is 6.68. The predicted molar refractivity (Wildman–Crippen MR) is 91.8 cm³/mol. The van der Waals surface area contributed by atoms with E-state index >= 15 is 0 Å². The van der Waals surface area contributed by atoms with E-state index in [-0.39, 0.29) is 11.1 Å². The van der Waals surface area contributed by atoms with Gasteiger partial charge in [0.25, 0.3) is 0 Å². The summed E-state index contributed by atoms with van der Waals surface area (Å²) in [5.41, 5.74) is 1.70. The fourth-order valence-corrected chi connectivity index (χ4v) is 4.53. The van der Waals surface area contributed by atoms with Gasteiger partial charge < -0.3 is 0 Å². The molecule has 1 heterocycles. The van der Waals surface area contributed by atoms with Crippen LogP contribution in [0.2, 0.25) is 0 Å². The highest BCUT2D eigenvalue weighted by Gasteiger charge is 2.45. The van der Waals surface area contributed by atoms with E-state index in [1.54, 1.807) is 0 Å². The van der Waals surface area contributed by atoms with Gasteiger partial charge in [-0.2, -0.15) is 5.06 Å². The van der Waals surface area contributed by atoms with Crippen LogP contribution in [0.1, 0.15) is 77.7 Å².